The number of thioether (sulfide) groups is 1. The van der Waals surface area contributed by atoms with Crippen molar-refractivity contribution in [3.05, 3.63) is 35.5 Å². The van der Waals surface area contributed by atoms with Gasteiger partial charge in [0.25, 0.3) is 0 Å². The molecule has 0 amide bonds. The topological polar surface area (TPSA) is 30.9 Å². The van der Waals surface area contributed by atoms with Crippen LogP contribution in [0, 0.1) is 0 Å². The first-order valence-corrected chi connectivity index (χ1v) is 6.76. The van der Waals surface area contributed by atoms with E-state index in [-0.39, 0.29) is 0 Å². The summed E-state index contributed by atoms with van der Waals surface area (Å²) in [5.41, 5.74) is 9.53. The van der Waals surface area contributed by atoms with Gasteiger partial charge in [-0.1, -0.05) is 19.1 Å². The van der Waals surface area contributed by atoms with E-state index >= 15 is 0 Å². The van der Waals surface area contributed by atoms with Gasteiger partial charge in [-0.25, -0.2) is 0 Å². The van der Waals surface area contributed by atoms with Gasteiger partial charge in [0.2, 0.25) is 0 Å². The van der Waals surface area contributed by atoms with Crippen molar-refractivity contribution >= 4 is 22.7 Å². The van der Waals surface area contributed by atoms with E-state index in [1.807, 2.05) is 11.8 Å². The van der Waals surface area contributed by atoms with Crippen molar-refractivity contribution in [1.29, 1.82) is 0 Å². The minimum atomic E-state index is 0.611. The predicted octanol–water partition coefficient (Wildman–Crippen LogP) is 2.89. The lowest BCUT2D eigenvalue weighted by molar-refractivity contribution is 0.908. The number of benzene rings is 1. The Morgan fingerprint density at radius 1 is 1.31 bits per heavy atom. The summed E-state index contributed by atoms with van der Waals surface area (Å²) in [4.78, 5) is 0. The quantitative estimate of drug-likeness (QED) is 0.882. The van der Waals surface area contributed by atoms with Gasteiger partial charge in [-0.15, -0.1) is 0 Å². The number of aromatic nitrogens is 1. The molecular formula is C13H18N2S. The van der Waals surface area contributed by atoms with Gasteiger partial charge in [0.15, 0.2) is 0 Å². The van der Waals surface area contributed by atoms with Crippen molar-refractivity contribution in [3.63, 3.8) is 0 Å². The van der Waals surface area contributed by atoms with Gasteiger partial charge in [-0.3, -0.25) is 0 Å². The molecular weight excluding hydrogens is 216 g/mol. The van der Waals surface area contributed by atoms with E-state index in [9.17, 15) is 0 Å². The maximum Gasteiger partial charge on any atom is 0.0483 e. The van der Waals surface area contributed by atoms with Gasteiger partial charge in [0.05, 0.1) is 0 Å². The average Bonchev–Trinajstić information content (AvgIpc) is 2.63. The predicted molar refractivity (Wildman–Crippen MR) is 72.6 cm³/mol. The second-order valence-electron chi connectivity index (χ2n) is 3.93. The van der Waals surface area contributed by atoms with E-state index < -0.39 is 0 Å². The van der Waals surface area contributed by atoms with Crippen LogP contribution < -0.4 is 5.73 Å². The van der Waals surface area contributed by atoms with Crippen LogP contribution in [0.3, 0.4) is 0 Å². The molecule has 3 heteroatoms. The lowest BCUT2D eigenvalue weighted by Gasteiger charge is -2.03. The van der Waals surface area contributed by atoms with Crippen molar-refractivity contribution in [2.75, 3.05) is 5.75 Å². The summed E-state index contributed by atoms with van der Waals surface area (Å²) in [7, 11) is 2.13. The normalized spacial score (nSPS) is 11.2. The van der Waals surface area contributed by atoms with Crippen LogP contribution >= 0.6 is 11.8 Å². The maximum absolute atomic E-state index is 5.66. The van der Waals surface area contributed by atoms with Crippen LogP contribution in [-0.2, 0) is 19.3 Å². The van der Waals surface area contributed by atoms with Gasteiger partial charge >= 0.3 is 0 Å². The molecule has 0 spiro atoms. The van der Waals surface area contributed by atoms with Crippen molar-refractivity contribution in [2.24, 2.45) is 12.8 Å². The molecule has 0 saturated heterocycles. The Labute approximate surface area is 101 Å². The van der Waals surface area contributed by atoms with Crippen LogP contribution in [0.15, 0.2) is 24.3 Å². The number of hydrogen-bond acceptors (Lipinski definition) is 2. The van der Waals surface area contributed by atoms with E-state index in [1.165, 1.54) is 22.2 Å². The van der Waals surface area contributed by atoms with Crippen LogP contribution in [0.1, 0.15) is 18.2 Å². The van der Waals surface area contributed by atoms with Crippen molar-refractivity contribution in [3.8, 4) is 0 Å². The number of fused-ring (bicyclic) bond motifs is 1. The zero-order valence-corrected chi connectivity index (χ0v) is 10.7. The van der Waals surface area contributed by atoms with Gasteiger partial charge in [0.1, 0.15) is 0 Å². The molecule has 0 aliphatic heterocycles. The highest BCUT2D eigenvalue weighted by atomic mass is 32.2. The van der Waals surface area contributed by atoms with Gasteiger partial charge < -0.3 is 10.3 Å². The maximum atomic E-state index is 5.66. The molecule has 1 heterocycles. The lowest BCUT2D eigenvalue weighted by Crippen LogP contribution is -1.97. The van der Waals surface area contributed by atoms with Crippen molar-refractivity contribution in [1.82, 2.24) is 4.57 Å². The number of nitrogens with two attached hydrogens (primary N) is 1. The summed E-state index contributed by atoms with van der Waals surface area (Å²) in [6, 6.07) is 8.74. The first-order valence-electron chi connectivity index (χ1n) is 5.61. The summed E-state index contributed by atoms with van der Waals surface area (Å²) in [6.45, 7) is 2.81. The van der Waals surface area contributed by atoms with E-state index in [4.69, 9.17) is 5.73 Å². The van der Waals surface area contributed by atoms with E-state index in [0.29, 0.717) is 6.54 Å². The Bertz CT molecular complexity index is 488. The van der Waals surface area contributed by atoms with Crippen molar-refractivity contribution in [2.45, 2.75) is 19.2 Å². The zero-order valence-electron chi connectivity index (χ0n) is 9.86. The standard InChI is InChI=1S/C13H18N2S/c1-3-16-9-12-7-11-5-4-10(8-14)6-13(11)15(12)2/h4-7H,3,8-9,14H2,1-2H3. The number of rotatable bonds is 4. The second kappa shape index (κ2) is 4.93. The van der Waals surface area contributed by atoms with E-state index in [1.54, 1.807) is 0 Å². The molecule has 2 aromatic rings. The minimum absolute atomic E-state index is 0.611. The Morgan fingerprint density at radius 3 is 2.81 bits per heavy atom. The summed E-state index contributed by atoms with van der Waals surface area (Å²) < 4.78 is 2.27. The lowest BCUT2D eigenvalue weighted by atomic mass is 10.1. The number of hydrogen-bond donors (Lipinski definition) is 1. The number of aryl methyl sites for hydroxylation is 1. The smallest absolute Gasteiger partial charge is 0.0483 e. The van der Waals surface area contributed by atoms with E-state index in [2.05, 4.69) is 42.8 Å². The van der Waals surface area contributed by atoms with Gasteiger partial charge in [0, 0.05) is 30.6 Å². The third kappa shape index (κ3) is 2.11. The minimum Gasteiger partial charge on any atom is -0.347 e. The molecule has 0 aliphatic carbocycles. The first kappa shape index (κ1) is 11.6. The van der Waals surface area contributed by atoms with Crippen LogP contribution in [0.25, 0.3) is 10.9 Å². The average molecular weight is 234 g/mol. The molecule has 0 aliphatic rings. The highest BCUT2D eigenvalue weighted by molar-refractivity contribution is 7.98. The third-order valence-corrected chi connectivity index (χ3v) is 3.81. The highest BCUT2D eigenvalue weighted by Gasteiger charge is 2.05. The summed E-state index contributed by atoms with van der Waals surface area (Å²) >= 11 is 1.96. The molecule has 0 unspecified atom stereocenters. The highest BCUT2D eigenvalue weighted by Crippen LogP contribution is 2.23. The van der Waals surface area contributed by atoms with Gasteiger partial charge in [-0.05, 0) is 28.8 Å². The monoisotopic (exact) mass is 234 g/mol. The molecule has 0 saturated carbocycles. The molecule has 86 valence electrons. The Hall–Kier alpha value is -0.930. The Kier molecular flexibility index (Phi) is 3.56. The van der Waals surface area contributed by atoms with Crippen LogP contribution in [0.5, 0.6) is 0 Å². The Balaban J connectivity index is 2.42. The molecule has 0 atom stereocenters. The third-order valence-electron chi connectivity index (χ3n) is 2.90. The fourth-order valence-electron chi connectivity index (χ4n) is 1.90. The SMILES string of the molecule is CCSCc1cc2ccc(CN)cc2n1C. The van der Waals surface area contributed by atoms with E-state index in [0.717, 1.165) is 11.5 Å². The molecule has 1 aromatic heterocycles. The molecule has 0 radical (unpaired) electrons. The zero-order chi connectivity index (χ0) is 11.5. The van der Waals surface area contributed by atoms with Crippen LogP contribution in [0.2, 0.25) is 0 Å². The van der Waals surface area contributed by atoms with Crippen molar-refractivity contribution < 1.29 is 0 Å². The molecule has 0 fully saturated rings. The summed E-state index contributed by atoms with van der Waals surface area (Å²) in [5.74, 6) is 2.25. The molecule has 2 nitrogen and oxygen atoms in total. The molecule has 1 aromatic carbocycles. The van der Waals surface area contributed by atoms with Gasteiger partial charge in [-0.2, -0.15) is 11.8 Å². The molecule has 2 rings (SSSR count). The second-order valence-corrected chi connectivity index (χ2v) is 5.20. The number of nitrogens with zero attached hydrogens (tertiary/aromatic N) is 1. The fourth-order valence-corrected chi connectivity index (χ4v) is 2.60. The van der Waals surface area contributed by atoms with Crippen LogP contribution in [0.4, 0.5) is 0 Å². The molecule has 16 heavy (non-hydrogen) atoms. The fraction of sp³-hybridized carbons (Fsp3) is 0.385. The molecule has 2 N–H and O–H groups in total. The summed E-state index contributed by atoms with van der Waals surface area (Å²) in [6.07, 6.45) is 0. The largest absolute Gasteiger partial charge is 0.347 e. The molecule has 0 bridgehead atoms. The first-order chi connectivity index (χ1) is 7.76. The van der Waals surface area contributed by atoms with Crippen LogP contribution in [-0.4, -0.2) is 10.3 Å². The summed E-state index contributed by atoms with van der Waals surface area (Å²) in [5, 5.41) is 1.31. The Morgan fingerprint density at radius 2 is 2.12 bits per heavy atom.